The molecule has 3 aromatic heterocycles. The number of aromatic nitrogens is 4. The first-order valence-corrected chi connectivity index (χ1v) is 11.2. The Morgan fingerprint density at radius 1 is 1.09 bits per heavy atom. The van der Waals surface area contributed by atoms with Crippen molar-refractivity contribution < 1.29 is 18.4 Å². The van der Waals surface area contributed by atoms with E-state index < -0.39 is 11.6 Å². The Balaban J connectivity index is 1.65. The third-order valence-corrected chi connectivity index (χ3v) is 5.08. The molecule has 1 aromatic carbocycles. The van der Waals surface area contributed by atoms with Gasteiger partial charge in [-0.25, -0.2) is 0 Å². The number of hydrogen-bond donors (Lipinski definition) is 1. The SMILES string of the molecule is Cc1ccc(-c2nnn(CC(=O)N(Cc3ccccc3)[C@H](C(=O)NC(C)(C)C)c3ccco3)n2)o1. The molecule has 182 valence electrons. The number of furan rings is 2. The highest BCUT2D eigenvalue weighted by Crippen LogP contribution is 2.26. The zero-order valence-electron chi connectivity index (χ0n) is 20.1. The van der Waals surface area contributed by atoms with Crippen LogP contribution in [0, 0.1) is 6.92 Å². The summed E-state index contributed by atoms with van der Waals surface area (Å²) < 4.78 is 11.1. The average Bonchev–Trinajstić information content (AvgIpc) is 3.55. The van der Waals surface area contributed by atoms with Crippen LogP contribution in [0.4, 0.5) is 0 Å². The predicted octanol–water partition coefficient (Wildman–Crippen LogP) is 3.52. The van der Waals surface area contributed by atoms with E-state index in [2.05, 4.69) is 20.7 Å². The molecule has 0 fully saturated rings. The molecule has 2 amide bonds. The van der Waals surface area contributed by atoms with Gasteiger partial charge in [-0.3, -0.25) is 9.59 Å². The van der Waals surface area contributed by atoms with E-state index >= 15 is 0 Å². The summed E-state index contributed by atoms with van der Waals surface area (Å²) in [6, 6.07) is 15.4. The van der Waals surface area contributed by atoms with Crippen LogP contribution in [0.15, 0.2) is 69.7 Å². The number of aryl methyl sites for hydroxylation is 1. The zero-order valence-corrected chi connectivity index (χ0v) is 20.1. The van der Waals surface area contributed by atoms with Gasteiger partial charge in [0.1, 0.15) is 18.1 Å². The van der Waals surface area contributed by atoms with Gasteiger partial charge in [0.15, 0.2) is 11.8 Å². The fourth-order valence-electron chi connectivity index (χ4n) is 3.59. The molecule has 0 spiro atoms. The van der Waals surface area contributed by atoms with Gasteiger partial charge in [0.2, 0.25) is 11.7 Å². The van der Waals surface area contributed by atoms with Crippen molar-refractivity contribution in [3.8, 4) is 11.6 Å². The van der Waals surface area contributed by atoms with E-state index in [9.17, 15) is 9.59 Å². The van der Waals surface area contributed by atoms with Crippen LogP contribution in [0.3, 0.4) is 0 Å². The van der Waals surface area contributed by atoms with Crippen molar-refractivity contribution in [3.05, 3.63) is 77.9 Å². The highest BCUT2D eigenvalue weighted by molar-refractivity contribution is 5.88. The molecule has 0 saturated carbocycles. The lowest BCUT2D eigenvalue weighted by Gasteiger charge is -2.32. The molecule has 35 heavy (non-hydrogen) atoms. The highest BCUT2D eigenvalue weighted by Gasteiger charge is 2.35. The van der Waals surface area contributed by atoms with Crippen molar-refractivity contribution in [2.75, 3.05) is 0 Å². The molecule has 4 aromatic rings. The molecule has 4 rings (SSSR count). The van der Waals surface area contributed by atoms with Crippen molar-refractivity contribution in [3.63, 3.8) is 0 Å². The topological polar surface area (TPSA) is 119 Å². The molecule has 0 saturated heterocycles. The van der Waals surface area contributed by atoms with Crippen molar-refractivity contribution in [1.29, 1.82) is 0 Å². The Hall–Kier alpha value is -4.21. The van der Waals surface area contributed by atoms with Crippen molar-refractivity contribution in [1.82, 2.24) is 30.4 Å². The van der Waals surface area contributed by atoms with E-state index in [0.29, 0.717) is 17.3 Å². The van der Waals surface area contributed by atoms with Crippen LogP contribution in [0.2, 0.25) is 0 Å². The molecule has 0 radical (unpaired) electrons. The van der Waals surface area contributed by atoms with Gasteiger partial charge in [-0.15, -0.1) is 10.2 Å². The first-order chi connectivity index (χ1) is 16.7. The summed E-state index contributed by atoms with van der Waals surface area (Å²) >= 11 is 0. The lowest BCUT2D eigenvalue weighted by Crippen LogP contribution is -2.49. The Morgan fingerprint density at radius 3 is 2.49 bits per heavy atom. The maximum absolute atomic E-state index is 13.6. The second-order valence-electron chi connectivity index (χ2n) is 9.22. The molecule has 10 heteroatoms. The van der Waals surface area contributed by atoms with Gasteiger partial charge in [0, 0.05) is 12.1 Å². The standard InChI is InChI=1S/C25H28N6O4/c1-17-12-13-20(35-17)23-27-29-31(28-23)16-21(32)30(15-18-9-6-5-7-10-18)22(19-11-8-14-34-19)24(33)26-25(2,3)4/h5-14,22H,15-16H2,1-4H3,(H,26,33)/t22-/m0/s1. The molecule has 0 unspecified atom stereocenters. The molecule has 3 heterocycles. The first-order valence-electron chi connectivity index (χ1n) is 11.2. The number of amides is 2. The third-order valence-electron chi connectivity index (χ3n) is 5.08. The summed E-state index contributed by atoms with van der Waals surface area (Å²) in [6.45, 7) is 7.41. The fourth-order valence-corrected chi connectivity index (χ4v) is 3.59. The summed E-state index contributed by atoms with van der Waals surface area (Å²) in [5.41, 5.74) is 0.353. The van der Waals surface area contributed by atoms with Crippen LogP contribution < -0.4 is 5.32 Å². The monoisotopic (exact) mass is 476 g/mol. The van der Waals surface area contributed by atoms with Gasteiger partial charge in [0.05, 0.1) is 6.26 Å². The minimum atomic E-state index is -0.993. The summed E-state index contributed by atoms with van der Waals surface area (Å²) in [6.07, 6.45) is 1.48. The molecule has 10 nitrogen and oxygen atoms in total. The maximum Gasteiger partial charge on any atom is 0.251 e. The van der Waals surface area contributed by atoms with Gasteiger partial charge >= 0.3 is 0 Å². The number of benzene rings is 1. The summed E-state index contributed by atoms with van der Waals surface area (Å²) in [5.74, 6) is 1.07. The molecule has 0 aliphatic rings. The number of nitrogens with one attached hydrogen (secondary N) is 1. The Morgan fingerprint density at radius 2 is 1.86 bits per heavy atom. The van der Waals surface area contributed by atoms with E-state index in [1.807, 2.05) is 58.0 Å². The zero-order chi connectivity index (χ0) is 25.0. The maximum atomic E-state index is 13.6. The number of carbonyl (C=O) groups excluding carboxylic acids is 2. The van der Waals surface area contributed by atoms with Crippen molar-refractivity contribution in [2.24, 2.45) is 0 Å². The van der Waals surface area contributed by atoms with Crippen LogP contribution in [-0.2, 0) is 22.7 Å². The van der Waals surface area contributed by atoms with E-state index in [0.717, 1.165) is 5.56 Å². The largest absolute Gasteiger partial charge is 0.467 e. The number of rotatable bonds is 8. The molecular formula is C25H28N6O4. The smallest absolute Gasteiger partial charge is 0.251 e. The highest BCUT2D eigenvalue weighted by atomic mass is 16.3. The Labute approximate surface area is 202 Å². The number of tetrazole rings is 1. The lowest BCUT2D eigenvalue weighted by molar-refractivity contribution is -0.143. The average molecular weight is 477 g/mol. The first kappa shape index (κ1) is 23.9. The van der Waals surface area contributed by atoms with Crippen molar-refractivity contribution >= 4 is 11.8 Å². The third kappa shape index (κ3) is 6.03. The number of carbonyl (C=O) groups is 2. The van der Waals surface area contributed by atoms with E-state index in [-0.39, 0.29) is 30.7 Å². The van der Waals surface area contributed by atoms with Crippen molar-refractivity contribution in [2.45, 2.75) is 52.4 Å². The van der Waals surface area contributed by atoms with Crippen LogP contribution in [0.25, 0.3) is 11.6 Å². The Kier molecular flexibility index (Phi) is 6.81. The quantitative estimate of drug-likeness (QED) is 0.413. The van der Waals surface area contributed by atoms with E-state index in [1.165, 1.54) is 16.0 Å². The fraction of sp³-hybridized carbons (Fsp3) is 0.320. The van der Waals surface area contributed by atoms with E-state index in [4.69, 9.17) is 8.83 Å². The van der Waals surface area contributed by atoms with Gasteiger partial charge in [-0.1, -0.05) is 30.3 Å². The van der Waals surface area contributed by atoms with Gasteiger partial charge in [-0.2, -0.15) is 4.80 Å². The minimum Gasteiger partial charge on any atom is -0.467 e. The summed E-state index contributed by atoms with van der Waals surface area (Å²) in [4.78, 5) is 29.7. The number of nitrogens with zero attached hydrogens (tertiary/aromatic N) is 5. The Bertz CT molecular complexity index is 1270. The normalized spacial score (nSPS) is 12.3. The molecular weight excluding hydrogens is 448 g/mol. The van der Waals surface area contributed by atoms with Crippen LogP contribution in [0.1, 0.15) is 43.9 Å². The number of hydrogen-bond acceptors (Lipinski definition) is 7. The second-order valence-corrected chi connectivity index (χ2v) is 9.22. The molecule has 0 bridgehead atoms. The van der Waals surface area contributed by atoms with Crippen LogP contribution >= 0.6 is 0 Å². The molecule has 0 aliphatic carbocycles. The summed E-state index contributed by atoms with van der Waals surface area (Å²) in [5, 5.41) is 15.2. The lowest BCUT2D eigenvalue weighted by atomic mass is 10.1. The predicted molar refractivity (Wildman–Crippen MR) is 127 cm³/mol. The van der Waals surface area contributed by atoms with Gasteiger partial charge in [-0.05, 0) is 62.7 Å². The molecule has 1 N–H and O–H groups in total. The molecule has 1 atom stereocenters. The van der Waals surface area contributed by atoms with Gasteiger partial charge in [0.25, 0.3) is 5.91 Å². The van der Waals surface area contributed by atoms with E-state index in [1.54, 1.807) is 24.3 Å². The summed E-state index contributed by atoms with van der Waals surface area (Å²) in [7, 11) is 0. The minimum absolute atomic E-state index is 0.182. The van der Waals surface area contributed by atoms with Crippen LogP contribution in [-0.4, -0.2) is 42.5 Å². The molecule has 0 aliphatic heterocycles. The second kappa shape index (κ2) is 9.96. The van der Waals surface area contributed by atoms with Gasteiger partial charge < -0.3 is 19.1 Å². The van der Waals surface area contributed by atoms with Crippen LogP contribution in [0.5, 0.6) is 0 Å².